The van der Waals surface area contributed by atoms with Crippen LogP contribution in [0, 0.1) is 0 Å². The average Bonchev–Trinajstić information content (AvgIpc) is 2.96. The number of fused-ring (bicyclic) bond motifs is 1. The van der Waals surface area contributed by atoms with Crippen molar-refractivity contribution in [2.24, 2.45) is 0 Å². The van der Waals surface area contributed by atoms with E-state index in [4.69, 9.17) is 11.6 Å². The van der Waals surface area contributed by atoms with Gasteiger partial charge >= 0.3 is 0 Å². The molecule has 1 aliphatic heterocycles. The molecule has 21 heavy (non-hydrogen) atoms. The van der Waals surface area contributed by atoms with Gasteiger partial charge in [0.1, 0.15) is 5.82 Å². The fraction of sp³-hybridized carbons (Fsp3) is 0.333. The van der Waals surface area contributed by atoms with Gasteiger partial charge in [-0.15, -0.1) is 11.3 Å². The first kappa shape index (κ1) is 14.4. The van der Waals surface area contributed by atoms with E-state index in [2.05, 4.69) is 21.7 Å². The van der Waals surface area contributed by atoms with Gasteiger partial charge in [-0.25, -0.2) is 4.98 Å². The summed E-state index contributed by atoms with van der Waals surface area (Å²) in [5.74, 6) is 0.610. The van der Waals surface area contributed by atoms with Crippen molar-refractivity contribution >= 4 is 34.7 Å². The lowest BCUT2D eigenvalue weighted by Crippen LogP contribution is -2.35. The predicted molar refractivity (Wildman–Crippen MR) is 86.2 cm³/mol. The number of anilines is 1. The number of hydrogen-bond donors (Lipinski definition) is 1. The van der Waals surface area contributed by atoms with Crippen LogP contribution in [-0.4, -0.2) is 28.9 Å². The Morgan fingerprint density at radius 3 is 3.19 bits per heavy atom. The normalized spacial score (nSPS) is 13.9. The van der Waals surface area contributed by atoms with Crippen LogP contribution in [0.2, 0.25) is 5.02 Å². The van der Waals surface area contributed by atoms with Crippen molar-refractivity contribution in [3.05, 3.63) is 44.7 Å². The van der Waals surface area contributed by atoms with Crippen LogP contribution in [0.25, 0.3) is 0 Å². The first-order valence-electron chi connectivity index (χ1n) is 6.93. The van der Waals surface area contributed by atoms with E-state index in [0.717, 1.165) is 19.5 Å². The predicted octanol–water partition coefficient (Wildman–Crippen LogP) is 3.43. The minimum atomic E-state index is -0.00991. The van der Waals surface area contributed by atoms with Gasteiger partial charge in [0.25, 0.3) is 5.91 Å². The number of halogens is 1. The van der Waals surface area contributed by atoms with Crippen molar-refractivity contribution in [3.8, 4) is 0 Å². The van der Waals surface area contributed by atoms with Gasteiger partial charge in [0.2, 0.25) is 0 Å². The topological polar surface area (TPSA) is 45.2 Å². The lowest BCUT2D eigenvalue weighted by Gasteiger charge is -2.27. The highest BCUT2D eigenvalue weighted by Gasteiger charge is 2.23. The summed E-state index contributed by atoms with van der Waals surface area (Å²) >= 11 is 7.93. The standard InChI is InChI=1S/C15H16ClN3OS/c1-2-17-14-12(16)7-11(8-18-14)15(20)19-5-3-13-10(9-19)4-6-21-13/h4,6-8H,2-3,5,9H2,1H3,(H,17,18). The van der Waals surface area contributed by atoms with Crippen molar-refractivity contribution < 1.29 is 4.79 Å². The van der Waals surface area contributed by atoms with E-state index in [1.54, 1.807) is 23.6 Å². The molecule has 1 amide bonds. The van der Waals surface area contributed by atoms with Crippen LogP contribution in [0.3, 0.4) is 0 Å². The molecule has 1 N–H and O–H groups in total. The quantitative estimate of drug-likeness (QED) is 0.942. The summed E-state index contributed by atoms with van der Waals surface area (Å²) in [6.07, 6.45) is 2.52. The number of rotatable bonds is 3. The monoisotopic (exact) mass is 321 g/mol. The third-order valence-corrected chi connectivity index (χ3v) is 4.84. The third kappa shape index (κ3) is 2.89. The molecule has 0 unspecified atom stereocenters. The van der Waals surface area contributed by atoms with E-state index in [-0.39, 0.29) is 5.91 Å². The van der Waals surface area contributed by atoms with Crippen LogP contribution in [0.5, 0.6) is 0 Å². The van der Waals surface area contributed by atoms with Gasteiger partial charge in [0.05, 0.1) is 10.6 Å². The highest BCUT2D eigenvalue weighted by atomic mass is 35.5. The Morgan fingerprint density at radius 1 is 1.57 bits per heavy atom. The SMILES string of the molecule is CCNc1ncc(C(=O)N2CCc3sccc3C2)cc1Cl. The number of aromatic nitrogens is 1. The molecule has 6 heteroatoms. The first-order chi connectivity index (χ1) is 10.2. The summed E-state index contributed by atoms with van der Waals surface area (Å²) < 4.78 is 0. The fourth-order valence-corrected chi connectivity index (χ4v) is 3.58. The Balaban J connectivity index is 1.78. The van der Waals surface area contributed by atoms with Crippen molar-refractivity contribution in [2.45, 2.75) is 19.9 Å². The lowest BCUT2D eigenvalue weighted by molar-refractivity contribution is 0.0735. The van der Waals surface area contributed by atoms with E-state index in [1.807, 2.05) is 11.8 Å². The second-order valence-corrected chi connectivity index (χ2v) is 6.34. The van der Waals surface area contributed by atoms with Crippen LogP contribution >= 0.6 is 22.9 Å². The molecule has 0 bridgehead atoms. The number of carbonyl (C=O) groups excluding carboxylic acids is 1. The van der Waals surface area contributed by atoms with E-state index >= 15 is 0 Å². The van der Waals surface area contributed by atoms with Gasteiger partial charge in [0, 0.05) is 30.7 Å². The molecule has 0 fully saturated rings. The molecule has 2 aromatic heterocycles. The Morgan fingerprint density at radius 2 is 2.43 bits per heavy atom. The zero-order valence-corrected chi connectivity index (χ0v) is 13.3. The van der Waals surface area contributed by atoms with Crippen LogP contribution in [0.15, 0.2) is 23.7 Å². The molecule has 0 spiro atoms. The zero-order chi connectivity index (χ0) is 14.8. The summed E-state index contributed by atoms with van der Waals surface area (Å²) in [6.45, 7) is 4.14. The summed E-state index contributed by atoms with van der Waals surface area (Å²) in [6, 6.07) is 3.79. The second-order valence-electron chi connectivity index (χ2n) is 4.93. The summed E-state index contributed by atoms with van der Waals surface area (Å²) in [5.41, 5.74) is 1.79. The zero-order valence-electron chi connectivity index (χ0n) is 11.7. The van der Waals surface area contributed by atoms with E-state index in [1.165, 1.54) is 10.4 Å². The smallest absolute Gasteiger partial charge is 0.255 e. The molecular formula is C15H16ClN3OS. The minimum Gasteiger partial charge on any atom is -0.369 e. The Hall–Kier alpha value is -1.59. The van der Waals surface area contributed by atoms with Crippen LogP contribution in [0.1, 0.15) is 27.7 Å². The van der Waals surface area contributed by atoms with Gasteiger partial charge in [0.15, 0.2) is 0 Å². The Bertz CT molecular complexity index is 671. The lowest BCUT2D eigenvalue weighted by atomic mass is 10.1. The molecule has 1 aliphatic rings. The van der Waals surface area contributed by atoms with Gasteiger partial charge in [-0.3, -0.25) is 4.79 Å². The van der Waals surface area contributed by atoms with Crippen molar-refractivity contribution in [2.75, 3.05) is 18.4 Å². The van der Waals surface area contributed by atoms with Crippen LogP contribution in [-0.2, 0) is 13.0 Å². The number of thiophene rings is 1. The van der Waals surface area contributed by atoms with Gasteiger partial charge in [-0.2, -0.15) is 0 Å². The van der Waals surface area contributed by atoms with E-state index < -0.39 is 0 Å². The largest absolute Gasteiger partial charge is 0.369 e. The summed E-state index contributed by atoms with van der Waals surface area (Å²) in [5, 5.41) is 5.63. The maximum absolute atomic E-state index is 12.6. The highest BCUT2D eigenvalue weighted by molar-refractivity contribution is 7.10. The molecule has 3 heterocycles. The third-order valence-electron chi connectivity index (χ3n) is 3.53. The summed E-state index contributed by atoms with van der Waals surface area (Å²) in [7, 11) is 0. The van der Waals surface area contributed by atoms with Crippen LogP contribution < -0.4 is 5.32 Å². The molecule has 0 atom stereocenters. The number of carbonyl (C=O) groups is 1. The molecule has 4 nitrogen and oxygen atoms in total. The molecule has 2 aromatic rings. The molecule has 110 valence electrons. The number of nitrogens with zero attached hydrogens (tertiary/aromatic N) is 2. The summed E-state index contributed by atoms with van der Waals surface area (Å²) in [4.78, 5) is 20.0. The Kier molecular flexibility index (Phi) is 4.12. The Labute approximate surface area is 132 Å². The number of hydrogen-bond acceptors (Lipinski definition) is 4. The average molecular weight is 322 g/mol. The van der Waals surface area contributed by atoms with Gasteiger partial charge in [-0.05, 0) is 36.4 Å². The fourth-order valence-electron chi connectivity index (χ4n) is 2.46. The highest BCUT2D eigenvalue weighted by Crippen LogP contribution is 2.26. The van der Waals surface area contributed by atoms with Crippen LogP contribution in [0.4, 0.5) is 5.82 Å². The van der Waals surface area contributed by atoms with Gasteiger partial charge < -0.3 is 10.2 Å². The maximum Gasteiger partial charge on any atom is 0.255 e. The molecule has 0 saturated heterocycles. The molecule has 0 aliphatic carbocycles. The molecule has 0 radical (unpaired) electrons. The first-order valence-corrected chi connectivity index (χ1v) is 8.18. The molecule has 0 aromatic carbocycles. The second kappa shape index (κ2) is 6.03. The van der Waals surface area contributed by atoms with Gasteiger partial charge in [-0.1, -0.05) is 11.6 Å². The minimum absolute atomic E-state index is 0.00991. The molecular weight excluding hydrogens is 306 g/mol. The maximum atomic E-state index is 12.6. The number of amides is 1. The van der Waals surface area contributed by atoms with Crippen molar-refractivity contribution in [3.63, 3.8) is 0 Å². The number of pyridine rings is 1. The molecule has 3 rings (SSSR count). The van der Waals surface area contributed by atoms with Crippen molar-refractivity contribution in [1.29, 1.82) is 0 Å². The molecule has 0 saturated carbocycles. The van der Waals surface area contributed by atoms with E-state index in [9.17, 15) is 4.79 Å². The number of nitrogens with one attached hydrogen (secondary N) is 1. The van der Waals surface area contributed by atoms with Crippen molar-refractivity contribution in [1.82, 2.24) is 9.88 Å². The van der Waals surface area contributed by atoms with E-state index in [0.29, 0.717) is 22.9 Å².